The lowest BCUT2D eigenvalue weighted by Gasteiger charge is -2.24. The highest BCUT2D eigenvalue weighted by molar-refractivity contribution is 5.02. The van der Waals surface area contributed by atoms with E-state index in [-0.39, 0.29) is 18.9 Å². The largest absolute Gasteiger partial charge is 0.390 e. The molecule has 0 radical (unpaired) electrons. The molecule has 120 valence electrons. The minimum Gasteiger partial charge on any atom is -0.390 e. The standard InChI is InChI=1S/C14H22N2O4.CH4/c1-8-7-16(13(19)15-12(8)18)11-5-9(17)10(20-11)6-14(2,3)4;/h7,9-11,17H,5-6H2,1-4H3,(H,15,18,19);1H4. The molecule has 1 saturated heterocycles. The number of rotatable bonds is 2. The summed E-state index contributed by atoms with van der Waals surface area (Å²) >= 11 is 0. The number of ether oxygens (including phenoxy) is 1. The molecule has 1 aliphatic heterocycles. The number of hydrogen-bond donors (Lipinski definition) is 2. The first-order valence-electron chi connectivity index (χ1n) is 6.83. The van der Waals surface area contributed by atoms with Crippen LogP contribution in [-0.2, 0) is 4.74 Å². The molecule has 1 aromatic rings. The number of aromatic amines is 1. The molecular formula is C15H26N2O4. The van der Waals surface area contributed by atoms with Gasteiger partial charge in [-0.25, -0.2) is 4.79 Å². The van der Waals surface area contributed by atoms with Crippen LogP contribution >= 0.6 is 0 Å². The van der Waals surface area contributed by atoms with Gasteiger partial charge < -0.3 is 9.84 Å². The Labute approximate surface area is 124 Å². The molecule has 0 aromatic carbocycles. The summed E-state index contributed by atoms with van der Waals surface area (Å²) in [5, 5.41) is 10.1. The van der Waals surface area contributed by atoms with Gasteiger partial charge in [-0.15, -0.1) is 0 Å². The van der Waals surface area contributed by atoms with Crippen molar-refractivity contribution in [2.24, 2.45) is 5.41 Å². The third-order valence-electron chi connectivity index (χ3n) is 3.47. The molecule has 3 atom stereocenters. The summed E-state index contributed by atoms with van der Waals surface area (Å²) in [5.41, 5.74) is -0.418. The molecule has 21 heavy (non-hydrogen) atoms. The SMILES string of the molecule is C.Cc1cn(C2CC(O)C(CC(C)(C)C)O2)c(=O)[nH]c1=O. The van der Waals surface area contributed by atoms with Crippen molar-refractivity contribution < 1.29 is 9.84 Å². The second-order valence-electron chi connectivity index (χ2n) is 6.68. The third kappa shape index (κ3) is 4.04. The number of H-pyrrole nitrogens is 1. The van der Waals surface area contributed by atoms with E-state index >= 15 is 0 Å². The average Bonchev–Trinajstić information content (AvgIpc) is 2.63. The summed E-state index contributed by atoms with van der Waals surface area (Å²) in [6.07, 6.45) is 1.13. The minimum absolute atomic E-state index is 0. The lowest BCUT2D eigenvalue weighted by Crippen LogP contribution is -2.33. The van der Waals surface area contributed by atoms with Crippen molar-refractivity contribution in [3.63, 3.8) is 0 Å². The number of aliphatic hydroxyl groups is 1. The van der Waals surface area contributed by atoms with Crippen molar-refractivity contribution in [1.29, 1.82) is 0 Å². The monoisotopic (exact) mass is 298 g/mol. The predicted molar refractivity (Wildman–Crippen MR) is 81.4 cm³/mol. The smallest absolute Gasteiger partial charge is 0.330 e. The first-order valence-corrected chi connectivity index (χ1v) is 6.83. The quantitative estimate of drug-likeness (QED) is 0.868. The van der Waals surface area contributed by atoms with Gasteiger partial charge in [0.1, 0.15) is 6.23 Å². The van der Waals surface area contributed by atoms with E-state index in [1.54, 1.807) is 6.92 Å². The van der Waals surface area contributed by atoms with Crippen LogP contribution < -0.4 is 11.2 Å². The summed E-state index contributed by atoms with van der Waals surface area (Å²) in [5.74, 6) is 0. The maximum atomic E-state index is 11.8. The molecule has 1 aromatic heterocycles. The maximum Gasteiger partial charge on any atom is 0.330 e. The van der Waals surface area contributed by atoms with Gasteiger partial charge in [-0.1, -0.05) is 28.2 Å². The van der Waals surface area contributed by atoms with E-state index in [9.17, 15) is 14.7 Å². The van der Waals surface area contributed by atoms with E-state index in [1.807, 2.05) is 0 Å². The van der Waals surface area contributed by atoms with E-state index in [0.717, 1.165) is 0 Å². The van der Waals surface area contributed by atoms with Crippen molar-refractivity contribution in [2.45, 2.75) is 66.4 Å². The van der Waals surface area contributed by atoms with E-state index in [0.29, 0.717) is 18.4 Å². The van der Waals surface area contributed by atoms with Gasteiger partial charge in [-0.3, -0.25) is 14.3 Å². The Hall–Kier alpha value is -1.40. The van der Waals surface area contributed by atoms with Gasteiger partial charge >= 0.3 is 5.69 Å². The molecule has 6 heteroatoms. The fourth-order valence-corrected chi connectivity index (χ4v) is 2.47. The van der Waals surface area contributed by atoms with Crippen LogP contribution in [0.4, 0.5) is 0 Å². The number of aliphatic hydroxyl groups excluding tert-OH is 1. The van der Waals surface area contributed by atoms with Crippen molar-refractivity contribution in [1.82, 2.24) is 9.55 Å². The zero-order valence-electron chi connectivity index (χ0n) is 12.3. The Bertz CT molecular complexity index is 597. The average molecular weight is 298 g/mol. The van der Waals surface area contributed by atoms with Crippen LogP contribution in [0.1, 0.15) is 52.8 Å². The van der Waals surface area contributed by atoms with Gasteiger partial charge in [0, 0.05) is 18.2 Å². The molecule has 0 amide bonds. The van der Waals surface area contributed by atoms with Gasteiger partial charge in [0.15, 0.2) is 0 Å². The van der Waals surface area contributed by atoms with Gasteiger partial charge in [0.2, 0.25) is 0 Å². The summed E-state index contributed by atoms with van der Waals surface area (Å²) in [7, 11) is 0. The Morgan fingerprint density at radius 3 is 2.62 bits per heavy atom. The first kappa shape index (κ1) is 17.7. The number of aryl methyl sites for hydroxylation is 1. The third-order valence-corrected chi connectivity index (χ3v) is 3.47. The van der Waals surface area contributed by atoms with Gasteiger partial charge in [0.05, 0.1) is 12.2 Å². The van der Waals surface area contributed by atoms with Crippen LogP contribution in [0, 0.1) is 12.3 Å². The second-order valence-corrected chi connectivity index (χ2v) is 6.68. The summed E-state index contributed by atoms with van der Waals surface area (Å²) in [4.78, 5) is 25.4. The molecule has 0 aliphatic carbocycles. The zero-order valence-corrected chi connectivity index (χ0v) is 12.3. The van der Waals surface area contributed by atoms with Crippen LogP contribution in [0.15, 0.2) is 15.8 Å². The Balaban J connectivity index is 0.00000220. The predicted octanol–water partition coefficient (Wildman–Crippen LogP) is 1.57. The number of aromatic nitrogens is 2. The maximum absolute atomic E-state index is 11.8. The molecular weight excluding hydrogens is 272 g/mol. The van der Waals surface area contributed by atoms with Crippen molar-refractivity contribution >= 4 is 0 Å². The summed E-state index contributed by atoms with van der Waals surface area (Å²) < 4.78 is 7.15. The van der Waals surface area contributed by atoms with Crippen LogP contribution in [0.2, 0.25) is 0 Å². The molecule has 2 N–H and O–H groups in total. The van der Waals surface area contributed by atoms with E-state index in [2.05, 4.69) is 25.8 Å². The van der Waals surface area contributed by atoms with Crippen molar-refractivity contribution in [2.75, 3.05) is 0 Å². The molecule has 3 unspecified atom stereocenters. The number of hydrogen-bond acceptors (Lipinski definition) is 4. The van der Waals surface area contributed by atoms with Crippen LogP contribution in [0.3, 0.4) is 0 Å². The lowest BCUT2D eigenvalue weighted by atomic mass is 9.87. The molecule has 0 saturated carbocycles. The molecule has 2 rings (SSSR count). The van der Waals surface area contributed by atoms with Crippen molar-refractivity contribution in [3.8, 4) is 0 Å². The fourth-order valence-electron chi connectivity index (χ4n) is 2.47. The number of nitrogens with zero attached hydrogens (tertiary/aromatic N) is 1. The fraction of sp³-hybridized carbons (Fsp3) is 0.733. The van der Waals surface area contributed by atoms with E-state index in [1.165, 1.54) is 10.8 Å². The van der Waals surface area contributed by atoms with Crippen LogP contribution in [0.25, 0.3) is 0 Å². The molecule has 0 bridgehead atoms. The number of nitrogens with one attached hydrogen (secondary N) is 1. The highest BCUT2D eigenvalue weighted by Crippen LogP contribution is 2.34. The molecule has 2 heterocycles. The van der Waals surface area contributed by atoms with Gasteiger partial charge in [-0.05, 0) is 18.8 Å². The summed E-state index contributed by atoms with van der Waals surface area (Å²) in [6.45, 7) is 7.86. The van der Waals surface area contributed by atoms with Gasteiger partial charge in [-0.2, -0.15) is 0 Å². The lowest BCUT2D eigenvalue weighted by molar-refractivity contribution is -0.0383. The highest BCUT2D eigenvalue weighted by atomic mass is 16.5. The normalized spacial score (nSPS) is 25.7. The van der Waals surface area contributed by atoms with Crippen LogP contribution in [0.5, 0.6) is 0 Å². The first-order chi connectivity index (χ1) is 9.17. The molecule has 6 nitrogen and oxygen atoms in total. The molecule has 0 spiro atoms. The van der Waals surface area contributed by atoms with E-state index < -0.39 is 23.6 Å². The van der Waals surface area contributed by atoms with Crippen molar-refractivity contribution in [3.05, 3.63) is 32.6 Å². The second kappa shape index (κ2) is 6.15. The van der Waals surface area contributed by atoms with E-state index in [4.69, 9.17) is 4.74 Å². The minimum atomic E-state index is -0.599. The highest BCUT2D eigenvalue weighted by Gasteiger charge is 2.37. The van der Waals surface area contributed by atoms with Crippen LogP contribution in [-0.4, -0.2) is 26.9 Å². The summed E-state index contributed by atoms with van der Waals surface area (Å²) in [6, 6.07) is 0. The Morgan fingerprint density at radius 1 is 1.43 bits per heavy atom. The Morgan fingerprint density at radius 2 is 2.05 bits per heavy atom. The Kier molecular flexibility index (Phi) is 5.17. The molecule has 1 fully saturated rings. The van der Waals surface area contributed by atoms with Gasteiger partial charge in [0.25, 0.3) is 5.56 Å². The zero-order chi connectivity index (χ0) is 15.1. The molecule has 1 aliphatic rings. The topological polar surface area (TPSA) is 84.3 Å².